The molecule has 0 heterocycles. The van der Waals surface area contributed by atoms with Crippen molar-refractivity contribution in [3.05, 3.63) is 76.8 Å². The fraction of sp³-hybridized carbons (Fsp3) is 0.320. The summed E-state index contributed by atoms with van der Waals surface area (Å²) in [7, 11) is 0. The first-order valence-electron chi connectivity index (χ1n) is 10.7. The van der Waals surface area contributed by atoms with Crippen molar-refractivity contribution < 1.29 is 23.8 Å². The van der Waals surface area contributed by atoms with Crippen LogP contribution in [0.5, 0.6) is 5.75 Å². The molecule has 0 bridgehead atoms. The molecule has 0 radical (unpaired) electrons. The molecule has 8 nitrogen and oxygen atoms in total. The van der Waals surface area contributed by atoms with E-state index in [9.17, 15) is 9.59 Å². The van der Waals surface area contributed by atoms with Crippen LogP contribution in [0.3, 0.4) is 0 Å². The minimum Gasteiger partial charge on any atom is -0.489 e. The Morgan fingerprint density at radius 2 is 1.91 bits per heavy atom. The largest absolute Gasteiger partial charge is 0.489 e. The van der Waals surface area contributed by atoms with Gasteiger partial charge in [0.15, 0.2) is 0 Å². The monoisotopic (exact) mass is 531 g/mol. The zero-order chi connectivity index (χ0) is 25.0. The van der Waals surface area contributed by atoms with Gasteiger partial charge in [-0.1, -0.05) is 58.9 Å². The summed E-state index contributed by atoms with van der Waals surface area (Å²) in [6, 6.07) is 13.9. The first kappa shape index (κ1) is 27.1. The summed E-state index contributed by atoms with van der Waals surface area (Å²) in [6.45, 7) is 9.39. The number of ether oxygens (including phenoxy) is 3. The SMILES string of the molecule is C=CCOc1ccc(Br)cc1/C=N\NC(=O)[C@H](COCc1ccccc1)NC(=O)OC(C)(C)C. The van der Waals surface area contributed by atoms with Gasteiger partial charge in [-0.2, -0.15) is 5.10 Å². The molecule has 2 aromatic rings. The van der Waals surface area contributed by atoms with E-state index in [2.05, 4.69) is 38.4 Å². The summed E-state index contributed by atoms with van der Waals surface area (Å²) in [4.78, 5) is 25.0. The highest BCUT2D eigenvalue weighted by molar-refractivity contribution is 9.10. The number of nitrogens with one attached hydrogen (secondary N) is 2. The van der Waals surface area contributed by atoms with Crippen molar-refractivity contribution in [1.82, 2.24) is 10.7 Å². The van der Waals surface area contributed by atoms with Gasteiger partial charge < -0.3 is 19.5 Å². The molecule has 0 unspecified atom stereocenters. The molecule has 34 heavy (non-hydrogen) atoms. The van der Waals surface area contributed by atoms with E-state index in [1.54, 1.807) is 39.0 Å². The second-order valence-corrected chi connectivity index (χ2v) is 9.13. The topological polar surface area (TPSA) is 98.3 Å². The molecule has 0 aliphatic carbocycles. The van der Waals surface area contributed by atoms with Crippen LogP contribution in [0.25, 0.3) is 0 Å². The van der Waals surface area contributed by atoms with E-state index in [0.717, 1.165) is 10.0 Å². The normalized spacial score (nSPS) is 12.1. The standard InChI is InChI=1S/C25H30BrN3O5/c1-5-13-33-22-12-11-20(26)14-19(22)15-27-29-23(30)21(28-24(31)34-25(2,3)4)17-32-16-18-9-7-6-8-10-18/h5-12,14-15,21H,1,13,16-17H2,2-4H3,(H,28,31)(H,29,30)/b27-15-/t21-/m0/s1. The minimum absolute atomic E-state index is 0.0694. The summed E-state index contributed by atoms with van der Waals surface area (Å²) < 4.78 is 17.4. The molecule has 0 spiro atoms. The fourth-order valence-electron chi connectivity index (χ4n) is 2.65. The van der Waals surface area contributed by atoms with Gasteiger partial charge in [0.1, 0.15) is 24.0 Å². The van der Waals surface area contributed by atoms with E-state index in [4.69, 9.17) is 14.2 Å². The first-order valence-corrected chi connectivity index (χ1v) is 11.4. The number of hydrogen-bond donors (Lipinski definition) is 2. The molecule has 0 saturated heterocycles. The highest BCUT2D eigenvalue weighted by Crippen LogP contribution is 2.21. The maximum atomic E-state index is 12.8. The molecule has 0 aromatic heterocycles. The van der Waals surface area contributed by atoms with Gasteiger partial charge in [0, 0.05) is 10.0 Å². The molecule has 2 rings (SSSR count). The predicted octanol–water partition coefficient (Wildman–Crippen LogP) is 4.57. The molecule has 0 fully saturated rings. The second kappa shape index (κ2) is 13.5. The number of carbonyl (C=O) groups excluding carboxylic acids is 2. The molecule has 2 N–H and O–H groups in total. The van der Waals surface area contributed by atoms with Gasteiger partial charge in [-0.25, -0.2) is 10.2 Å². The number of hydrogen-bond acceptors (Lipinski definition) is 6. The highest BCUT2D eigenvalue weighted by Gasteiger charge is 2.24. The van der Waals surface area contributed by atoms with E-state index in [0.29, 0.717) is 17.9 Å². The Morgan fingerprint density at radius 1 is 1.18 bits per heavy atom. The summed E-state index contributed by atoms with van der Waals surface area (Å²) in [5, 5.41) is 6.56. The Kier molecular flexibility index (Phi) is 10.8. The zero-order valence-corrected chi connectivity index (χ0v) is 21.1. The van der Waals surface area contributed by atoms with Crippen molar-refractivity contribution in [3.8, 4) is 5.75 Å². The quantitative estimate of drug-likeness (QED) is 0.251. The maximum Gasteiger partial charge on any atom is 0.408 e. The lowest BCUT2D eigenvalue weighted by atomic mass is 10.2. The molecular weight excluding hydrogens is 502 g/mol. The maximum absolute atomic E-state index is 12.8. The molecule has 9 heteroatoms. The number of halogens is 1. The van der Waals surface area contributed by atoms with Crippen molar-refractivity contribution in [2.75, 3.05) is 13.2 Å². The third-order valence-corrected chi connectivity index (χ3v) is 4.60. The smallest absolute Gasteiger partial charge is 0.408 e. The average molecular weight is 532 g/mol. The fourth-order valence-corrected chi connectivity index (χ4v) is 3.02. The zero-order valence-electron chi connectivity index (χ0n) is 19.5. The van der Waals surface area contributed by atoms with Crippen LogP contribution in [0.15, 0.2) is 70.8 Å². The van der Waals surface area contributed by atoms with Gasteiger partial charge in [0.05, 0.1) is 19.4 Å². The molecule has 0 saturated carbocycles. The molecule has 0 aliphatic rings. The third-order valence-electron chi connectivity index (χ3n) is 4.11. The van der Waals surface area contributed by atoms with Crippen LogP contribution < -0.4 is 15.5 Å². The lowest BCUT2D eigenvalue weighted by molar-refractivity contribution is -0.124. The Bertz CT molecular complexity index is 990. The van der Waals surface area contributed by atoms with Crippen molar-refractivity contribution in [1.29, 1.82) is 0 Å². The number of benzene rings is 2. The Labute approximate surface area is 208 Å². The van der Waals surface area contributed by atoms with Crippen LogP contribution in [0.1, 0.15) is 31.9 Å². The van der Waals surface area contributed by atoms with Crippen LogP contribution in [-0.2, 0) is 20.9 Å². The summed E-state index contributed by atoms with van der Waals surface area (Å²) in [6.07, 6.45) is 2.36. The van der Waals surface area contributed by atoms with Crippen LogP contribution in [0, 0.1) is 0 Å². The Balaban J connectivity index is 2.05. The predicted molar refractivity (Wildman–Crippen MR) is 135 cm³/mol. The number of alkyl carbamates (subject to hydrolysis) is 1. The molecule has 182 valence electrons. The van der Waals surface area contributed by atoms with Gasteiger partial charge in [0.2, 0.25) is 0 Å². The summed E-state index contributed by atoms with van der Waals surface area (Å²) in [5.41, 5.74) is 3.32. The van der Waals surface area contributed by atoms with Crippen LogP contribution >= 0.6 is 15.9 Å². The van der Waals surface area contributed by atoms with Gasteiger partial charge >= 0.3 is 6.09 Å². The van der Waals surface area contributed by atoms with Crippen molar-refractivity contribution in [3.63, 3.8) is 0 Å². The van der Waals surface area contributed by atoms with E-state index in [-0.39, 0.29) is 13.2 Å². The molecule has 2 amide bonds. The number of amides is 2. The number of hydrazone groups is 1. The molecule has 0 aliphatic heterocycles. The molecule has 1 atom stereocenters. The van der Waals surface area contributed by atoms with Crippen LogP contribution in [-0.4, -0.2) is 43.1 Å². The van der Waals surface area contributed by atoms with E-state index >= 15 is 0 Å². The van der Waals surface area contributed by atoms with Gasteiger partial charge in [-0.15, -0.1) is 0 Å². The lowest BCUT2D eigenvalue weighted by Gasteiger charge is -2.22. The van der Waals surface area contributed by atoms with Crippen LogP contribution in [0.4, 0.5) is 4.79 Å². The third kappa shape index (κ3) is 10.2. The van der Waals surface area contributed by atoms with Gasteiger partial charge in [-0.05, 0) is 44.5 Å². The summed E-state index contributed by atoms with van der Waals surface area (Å²) in [5.74, 6) is 0.0226. The van der Waals surface area contributed by atoms with E-state index < -0.39 is 23.6 Å². The van der Waals surface area contributed by atoms with Crippen LogP contribution in [0.2, 0.25) is 0 Å². The van der Waals surface area contributed by atoms with Gasteiger partial charge in [0.25, 0.3) is 5.91 Å². The molecule has 2 aromatic carbocycles. The Hall–Kier alpha value is -3.17. The first-order chi connectivity index (χ1) is 16.2. The molecular formula is C25H30BrN3O5. The Morgan fingerprint density at radius 3 is 2.59 bits per heavy atom. The van der Waals surface area contributed by atoms with E-state index in [1.807, 2.05) is 36.4 Å². The number of nitrogens with zero attached hydrogens (tertiary/aromatic N) is 1. The minimum atomic E-state index is -1.02. The van der Waals surface area contributed by atoms with Gasteiger partial charge in [-0.3, -0.25) is 4.79 Å². The summed E-state index contributed by atoms with van der Waals surface area (Å²) >= 11 is 3.40. The van der Waals surface area contributed by atoms with Crippen molar-refractivity contribution in [2.45, 2.75) is 39.0 Å². The number of rotatable bonds is 11. The average Bonchev–Trinajstić information content (AvgIpc) is 2.77. The second-order valence-electron chi connectivity index (χ2n) is 8.22. The number of carbonyl (C=O) groups is 2. The van der Waals surface area contributed by atoms with Crippen molar-refractivity contribution in [2.24, 2.45) is 5.10 Å². The highest BCUT2D eigenvalue weighted by atomic mass is 79.9. The lowest BCUT2D eigenvalue weighted by Crippen LogP contribution is -2.49. The van der Waals surface area contributed by atoms with E-state index in [1.165, 1.54) is 6.21 Å². The van der Waals surface area contributed by atoms with Crippen molar-refractivity contribution >= 4 is 34.1 Å².